The minimum Gasteiger partial charge on any atom is -0.480 e. The molecule has 94 valence electrons. The van der Waals surface area contributed by atoms with Crippen LogP contribution in [0.25, 0.3) is 0 Å². The molecule has 1 unspecified atom stereocenters. The molecule has 6 heteroatoms. The highest BCUT2D eigenvalue weighted by Gasteiger charge is 2.36. The summed E-state index contributed by atoms with van der Waals surface area (Å²) in [6, 6.07) is -0.437. The lowest BCUT2D eigenvalue weighted by Crippen LogP contribution is -2.55. The van der Waals surface area contributed by atoms with E-state index in [2.05, 4.69) is 0 Å². The lowest BCUT2D eigenvalue weighted by molar-refractivity contribution is -0.147. The van der Waals surface area contributed by atoms with Crippen molar-refractivity contribution in [1.82, 2.24) is 9.80 Å². The van der Waals surface area contributed by atoms with Gasteiger partial charge in [-0.05, 0) is 20.8 Å². The molecule has 0 saturated carbocycles. The molecule has 0 bridgehead atoms. The zero-order valence-electron chi connectivity index (χ0n) is 10.4. The predicted octanol–water partition coefficient (Wildman–Crippen LogP) is 0.214. The Morgan fingerprint density at radius 2 is 1.75 bits per heavy atom. The highest BCUT2D eigenvalue weighted by Crippen LogP contribution is 2.14. The van der Waals surface area contributed by atoms with Gasteiger partial charge in [0.2, 0.25) is 0 Å². The van der Waals surface area contributed by atoms with Crippen molar-refractivity contribution in [2.24, 2.45) is 0 Å². The van der Waals surface area contributed by atoms with Crippen LogP contribution in [0.1, 0.15) is 20.8 Å². The number of hydrogen-bond donors (Lipinski definition) is 2. The minimum absolute atomic E-state index is 0.166. The summed E-state index contributed by atoms with van der Waals surface area (Å²) in [5, 5.41) is 18.1. The van der Waals surface area contributed by atoms with Gasteiger partial charge in [-0.3, -0.25) is 0 Å². The van der Waals surface area contributed by atoms with Crippen molar-refractivity contribution in [2.45, 2.75) is 32.4 Å². The summed E-state index contributed by atoms with van der Waals surface area (Å²) in [7, 11) is 2.94. The van der Waals surface area contributed by atoms with E-state index in [1.807, 2.05) is 0 Å². The van der Waals surface area contributed by atoms with E-state index >= 15 is 0 Å². The fourth-order valence-electron chi connectivity index (χ4n) is 1.11. The van der Waals surface area contributed by atoms with E-state index in [0.717, 1.165) is 4.90 Å². The number of aliphatic hydroxyl groups is 1. The zero-order chi connectivity index (χ0) is 13.1. The quantitative estimate of drug-likeness (QED) is 0.726. The molecule has 2 N–H and O–H groups in total. The summed E-state index contributed by atoms with van der Waals surface area (Å²) in [6.45, 7) is 4.62. The van der Waals surface area contributed by atoms with Crippen LogP contribution in [0.5, 0.6) is 0 Å². The Labute approximate surface area is 95.5 Å². The number of carbonyl (C=O) groups excluding carboxylic acids is 1. The van der Waals surface area contributed by atoms with Crippen LogP contribution in [0.15, 0.2) is 0 Å². The molecule has 0 saturated heterocycles. The third-order valence-electron chi connectivity index (χ3n) is 2.51. The first-order valence-electron chi connectivity index (χ1n) is 5.01. The molecule has 0 heterocycles. The van der Waals surface area contributed by atoms with Crippen molar-refractivity contribution in [2.75, 3.05) is 20.6 Å². The highest BCUT2D eigenvalue weighted by atomic mass is 16.4. The molecule has 0 aliphatic carbocycles. The van der Waals surface area contributed by atoms with Crippen LogP contribution in [-0.2, 0) is 4.79 Å². The zero-order valence-corrected chi connectivity index (χ0v) is 10.4. The van der Waals surface area contributed by atoms with Gasteiger partial charge >= 0.3 is 12.0 Å². The third-order valence-corrected chi connectivity index (χ3v) is 2.51. The van der Waals surface area contributed by atoms with Crippen LogP contribution in [0.3, 0.4) is 0 Å². The monoisotopic (exact) mass is 232 g/mol. The first-order chi connectivity index (χ1) is 7.10. The van der Waals surface area contributed by atoms with Gasteiger partial charge in [0.15, 0.2) is 0 Å². The molecule has 16 heavy (non-hydrogen) atoms. The molecule has 0 aromatic carbocycles. The molecular weight excluding hydrogens is 212 g/mol. The van der Waals surface area contributed by atoms with Crippen LogP contribution in [0.2, 0.25) is 0 Å². The van der Waals surface area contributed by atoms with Crippen molar-refractivity contribution in [3.05, 3.63) is 0 Å². The maximum absolute atomic E-state index is 11.8. The number of carboxylic acid groups (broad SMARTS) is 1. The van der Waals surface area contributed by atoms with Gasteiger partial charge in [0.25, 0.3) is 0 Å². The summed E-state index contributed by atoms with van der Waals surface area (Å²) in [4.78, 5) is 25.2. The van der Waals surface area contributed by atoms with E-state index in [0.29, 0.717) is 0 Å². The second-order valence-corrected chi connectivity index (χ2v) is 4.44. The molecule has 1 atom stereocenters. The maximum Gasteiger partial charge on any atom is 0.329 e. The van der Waals surface area contributed by atoms with Gasteiger partial charge < -0.3 is 20.0 Å². The number of hydrogen-bond acceptors (Lipinski definition) is 3. The van der Waals surface area contributed by atoms with Crippen LogP contribution < -0.4 is 0 Å². The molecule has 0 rings (SSSR count). The van der Waals surface area contributed by atoms with Crippen molar-refractivity contribution < 1.29 is 19.8 Å². The number of aliphatic hydroxyl groups excluding tert-OH is 1. The Balaban J connectivity index is 4.67. The fourth-order valence-corrected chi connectivity index (χ4v) is 1.11. The van der Waals surface area contributed by atoms with Crippen LogP contribution >= 0.6 is 0 Å². The number of rotatable bonds is 4. The molecule has 0 fully saturated rings. The Hall–Kier alpha value is -1.30. The second kappa shape index (κ2) is 5.16. The smallest absolute Gasteiger partial charge is 0.329 e. The van der Waals surface area contributed by atoms with Gasteiger partial charge in [0.1, 0.15) is 5.54 Å². The Morgan fingerprint density at radius 3 is 2.06 bits per heavy atom. The average molecular weight is 232 g/mol. The average Bonchev–Trinajstić information content (AvgIpc) is 2.13. The van der Waals surface area contributed by atoms with Gasteiger partial charge in [-0.2, -0.15) is 0 Å². The molecule has 0 aromatic rings. The molecule has 0 aromatic heterocycles. The van der Waals surface area contributed by atoms with E-state index in [1.165, 1.54) is 32.8 Å². The third kappa shape index (κ3) is 3.37. The van der Waals surface area contributed by atoms with Crippen molar-refractivity contribution in [3.8, 4) is 0 Å². The topological polar surface area (TPSA) is 81.1 Å². The van der Waals surface area contributed by atoms with Crippen molar-refractivity contribution in [3.63, 3.8) is 0 Å². The molecule has 0 radical (unpaired) electrons. The van der Waals surface area contributed by atoms with E-state index < -0.39 is 23.6 Å². The van der Waals surface area contributed by atoms with Gasteiger partial charge in [-0.25, -0.2) is 9.59 Å². The lowest BCUT2D eigenvalue weighted by atomic mass is 10.0. The van der Waals surface area contributed by atoms with E-state index in [1.54, 1.807) is 6.92 Å². The van der Waals surface area contributed by atoms with E-state index in [4.69, 9.17) is 10.2 Å². The van der Waals surface area contributed by atoms with Gasteiger partial charge in [0, 0.05) is 20.6 Å². The van der Waals surface area contributed by atoms with E-state index in [-0.39, 0.29) is 6.54 Å². The summed E-state index contributed by atoms with van der Waals surface area (Å²) < 4.78 is 0. The first-order valence-corrected chi connectivity index (χ1v) is 5.01. The minimum atomic E-state index is -1.27. The van der Waals surface area contributed by atoms with Gasteiger partial charge in [-0.15, -0.1) is 0 Å². The molecule has 0 aliphatic rings. The number of carboxylic acids is 1. The number of aliphatic carboxylic acids is 1. The molecule has 2 amide bonds. The largest absolute Gasteiger partial charge is 0.480 e. The Bertz CT molecular complexity index is 276. The number of amides is 2. The van der Waals surface area contributed by atoms with Crippen LogP contribution in [0, 0.1) is 0 Å². The fraction of sp³-hybridized carbons (Fsp3) is 0.800. The second-order valence-electron chi connectivity index (χ2n) is 4.44. The number of carbonyl (C=O) groups is 2. The predicted molar refractivity (Wildman–Crippen MR) is 59.2 cm³/mol. The highest BCUT2D eigenvalue weighted by molar-refractivity contribution is 5.85. The van der Waals surface area contributed by atoms with Gasteiger partial charge in [-0.1, -0.05) is 0 Å². The van der Waals surface area contributed by atoms with E-state index in [9.17, 15) is 9.59 Å². The molecule has 0 spiro atoms. The number of nitrogens with zero attached hydrogens (tertiary/aromatic N) is 2. The first kappa shape index (κ1) is 14.7. The normalized spacial score (nSPS) is 13.1. The van der Waals surface area contributed by atoms with Gasteiger partial charge in [0.05, 0.1) is 6.10 Å². The lowest BCUT2D eigenvalue weighted by Gasteiger charge is -2.34. The Kier molecular flexibility index (Phi) is 4.74. The summed E-state index contributed by atoms with van der Waals surface area (Å²) in [6.07, 6.45) is -0.643. The standard InChI is InChI=1S/C10H20N2O4/c1-7(13)6-11(4)9(16)12(5)10(2,3)8(14)15/h7,13H,6H2,1-5H3,(H,14,15). The molecule has 6 nitrogen and oxygen atoms in total. The Morgan fingerprint density at radius 1 is 1.31 bits per heavy atom. The van der Waals surface area contributed by atoms with Crippen molar-refractivity contribution in [1.29, 1.82) is 0 Å². The number of urea groups is 1. The summed E-state index contributed by atoms with van der Waals surface area (Å²) in [5.74, 6) is -1.08. The van der Waals surface area contributed by atoms with Crippen molar-refractivity contribution >= 4 is 12.0 Å². The van der Waals surface area contributed by atoms with Crippen LogP contribution in [-0.4, -0.2) is 64.3 Å². The maximum atomic E-state index is 11.8. The van der Waals surface area contributed by atoms with Crippen LogP contribution in [0.4, 0.5) is 4.79 Å². The summed E-state index contributed by atoms with van der Waals surface area (Å²) in [5.41, 5.74) is -1.27. The molecule has 0 aliphatic heterocycles. The number of likely N-dealkylation sites (N-methyl/N-ethyl adjacent to an activating group) is 2. The SMILES string of the molecule is CC(O)CN(C)C(=O)N(C)C(C)(C)C(=O)O. The molecular formula is C10H20N2O4. The summed E-state index contributed by atoms with van der Waals surface area (Å²) >= 11 is 0.